The van der Waals surface area contributed by atoms with Gasteiger partial charge in [0.05, 0.1) is 23.9 Å². The van der Waals surface area contributed by atoms with Gasteiger partial charge in [-0.3, -0.25) is 14.6 Å². The van der Waals surface area contributed by atoms with Crippen molar-refractivity contribution in [1.29, 1.82) is 0 Å². The van der Waals surface area contributed by atoms with Crippen LogP contribution in [0.1, 0.15) is 53.8 Å². The summed E-state index contributed by atoms with van der Waals surface area (Å²) < 4.78 is 44.4. The van der Waals surface area contributed by atoms with Gasteiger partial charge in [-0.15, -0.1) is 0 Å². The smallest absolute Gasteiger partial charge is 0.416 e. The topological polar surface area (TPSA) is 88.5 Å². The first-order valence-corrected chi connectivity index (χ1v) is 11.1. The molecule has 0 spiro atoms. The van der Waals surface area contributed by atoms with Gasteiger partial charge in [-0.1, -0.05) is 37.6 Å². The maximum atomic E-state index is 12.8. The first-order chi connectivity index (χ1) is 16.7. The van der Waals surface area contributed by atoms with E-state index in [1.54, 1.807) is 36.4 Å². The minimum absolute atomic E-state index is 0.0486. The lowest BCUT2D eigenvalue weighted by molar-refractivity contribution is -0.138. The van der Waals surface area contributed by atoms with Crippen LogP contribution in [-0.2, 0) is 11.0 Å². The summed E-state index contributed by atoms with van der Waals surface area (Å²) in [6, 6.07) is 15.1. The molecular formula is C26H25F3N2O4. The summed E-state index contributed by atoms with van der Waals surface area (Å²) in [7, 11) is 0. The molecule has 1 aromatic heterocycles. The lowest BCUT2D eigenvalue weighted by Crippen LogP contribution is -2.26. The van der Waals surface area contributed by atoms with Crippen molar-refractivity contribution < 1.29 is 32.6 Å². The monoisotopic (exact) mass is 486 g/mol. The highest BCUT2D eigenvalue weighted by Crippen LogP contribution is 2.31. The molecule has 3 rings (SSSR count). The van der Waals surface area contributed by atoms with E-state index in [2.05, 4.69) is 10.3 Å². The van der Waals surface area contributed by atoms with Crippen molar-refractivity contribution in [2.45, 2.75) is 38.5 Å². The van der Waals surface area contributed by atoms with E-state index in [0.29, 0.717) is 29.0 Å². The van der Waals surface area contributed by atoms with Crippen LogP contribution in [0.3, 0.4) is 0 Å². The Morgan fingerprint density at radius 3 is 2.26 bits per heavy atom. The molecule has 0 aliphatic heterocycles. The van der Waals surface area contributed by atoms with Gasteiger partial charge in [0.15, 0.2) is 0 Å². The lowest BCUT2D eigenvalue weighted by Gasteiger charge is -2.19. The van der Waals surface area contributed by atoms with Crippen LogP contribution in [0.25, 0.3) is 11.3 Å². The number of hydrogen-bond donors (Lipinski definition) is 2. The van der Waals surface area contributed by atoms with Gasteiger partial charge in [0.25, 0.3) is 5.91 Å². The molecule has 0 saturated heterocycles. The van der Waals surface area contributed by atoms with Crippen LogP contribution in [0, 0.1) is 0 Å². The standard InChI is InChI=1S/C26H25F3N2O4/c1-2-3-23(18-4-6-19(7-5-18)25(34)30-15-14-24(32)33)35-21-12-13-22(31-16-21)17-8-10-20(11-9-17)26(27,28)29/h4-13,16,23H,2-3,14-15H2,1H3,(H,30,34)(H,32,33). The first kappa shape index (κ1) is 25.7. The molecule has 1 unspecified atom stereocenters. The number of pyridine rings is 1. The van der Waals surface area contributed by atoms with Crippen molar-refractivity contribution in [3.8, 4) is 17.0 Å². The quantitative estimate of drug-likeness (QED) is 0.373. The molecule has 0 saturated carbocycles. The number of ether oxygens (including phenoxy) is 1. The van der Waals surface area contributed by atoms with Crippen LogP contribution in [-0.4, -0.2) is 28.5 Å². The summed E-state index contributed by atoms with van der Waals surface area (Å²) in [5.41, 5.74) is 1.65. The first-order valence-electron chi connectivity index (χ1n) is 11.1. The fourth-order valence-corrected chi connectivity index (χ4v) is 3.40. The lowest BCUT2D eigenvalue weighted by atomic mass is 10.0. The highest BCUT2D eigenvalue weighted by Gasteiger charge is 2.30. The van der Waals surface area contributed by atoms with Gasteiger partial charge in [0, 0.05) is 17.7 Å². The Balaban J connectivity index is 1.67. The van der Waals surface area contributed by atoms with E-state index in [1.807, 2.05) is 6.92 Å². The van der Waals surface area contributed by atoms with Crippen LogP contribution < -0.4 is 10.1 Å². The Hall–Kier alpha value is -3.88. The van der Waals surface area contributed by atoms with E-state index in [-0.39, 0.29) is 25.0 Å². The Morgan fingerprint density at radius 2 is 1.71 bits per heavy atom. The van der Waals surface area contributed by atoms with Gasteiger partial charge in [0.2, 0.25) is 0 Å². The van der Waals surface area contributed by atoms with Crippen molar-refractivity contribution in [3.63, 3.8) is 0 Å². The molecule has 2 aromatic carbocycles. The van der Waals surface area contributed by atoms with E-state index < -0.39 is 17.7 Å². The molecule has 1 atom stereocenters. The van der Waals surface area contributed by atoms with Crippen molar-refractivity contribution in [1.82, 2.24) is 10.3 Å². The number of carbonyl (C=O) groups is 2. The molecule has 0 fully saturated rings. The summed E-state index contributed by atoms with van der Waals surface area (Å²) >= 11 is 0. The molecule has 0 aliphatic rings. The third-order valence-corrected chi connectivity index (χ3v) is 5.24. The van der Waals surface area contributed by atoms with Crippen LogP contribution >= 0.6 is 0 Å². The van der Waals surface area contributed by atoms with Gasteiger partial charge in [0.1, 0.15) is 11.9 Å². The fourth-order valence-electron chi connectivity index (χ4n) is 3.40. The Bertz CT molecular complexity index is 1130. The van der Waals surface area contributed by atoms with E-state index in [0.717, 1.165) is 24.1 Å². The Labute approximate surface area is 200 Å². The third kappa shape index (κ3) is 7.30. The molecule has 1 heterocycles. The SMILES string of the molecule is CCCC(Oc1ccc(-c2ccc(C(F)(F)F)cc2)nc1)c1ccc(C(=O)NCCC(=O)O)cc1. The zero-order valence-corrected chi connectivity index (χ0v) is 19.0. The maximum absolute atomic E-state index is 12.8. The Kier molecular flexibility index (Phi) is 8.46. The predicted octanol–water partition coefficient (Wildman–Crippen LogP) is 5.89. The number of hydrogen-bond acceptors (Lipinski definition) is 4. The number of alkyl halides is 3. The number of benzene rings is 2. The molecule has 6 nitrogen and oxygen atoms in total. The number of aromatic nitrogens is 1. The van der Waals surface area contributed by atoms with Crippen molar-refractivity contribution in [2.75, 3.05) is 6.54 Å². The molecule has 184 valence electrons. The van der Waals surface area contributed by atoms with E-state index in [4.69, 9.17) is 9.84 Å². The largest absolute Gasteiger partial charge is 0.484 e. The summed E-state index contributed by atoms with van der Waals surface area (Å²) in [4.78, 5) is 27.0. The van der Waals surface area contributed by atoms with E-state index in [1.165, 1.54) is 18.3 Å². The molecular weight excluding hydrogens is 461 g/mol. The van der Waals surface area contributed by atoms with E-state index >= 15 is 0 Å². The second-order valence-electron chi connectivity index (χ2n) is 7.87. The highest BCUT2D eigenvalue weighted by atomic mass is 19.4. The number of carbonyl (C=O) groups excluding carboxylic acids is 1. The Morgan fingerprint density at radius 1 is 1.03 bits per heavy atom. The fraction of sp³-hybridized carbons (Fsp3) is 0.269. The molecule has 9 heteroatoms. The third-order valence-electron chi connectivity index (χ3n) is 5.24. The number of aliphatic carboxylic acids is 1. The molecule has 35 heavy (non-hydrogen) atoms. The van der Waals surface area contributed by atoms with Crippen LogP contribution in [0.5, 0.6) is 5.75 Å². The number of halogens is 3. The number of carboxylic acids is 1. The van der Waals surface area contributed by atoms with Gasteiger partial charge in [-0.2, -0.15) is 13.2 Å². The van der Waals surface area contributed by atoms with Crippen LogP contribution in [0.15, 0.2) is 66.9 Å². The molecule has 3 aromatic rings. The average Bonchev–Trinajstić information content (AvgIpc) is 2.83. The summed E-state index contributed by atoms with van der Waals surface area (Å²) in [6.45, 7) is 2.07. The molecule has 0 aliphatic carbocycles. The van der Waals surface area contributed by atoms with Gasteiger partial charge < -0.3 is 15.2 Å². The van der Waals surface area contributed by atoms with Gasteiger partial charge in [-0.25, -0.2) is 0 Å². The second-order valence-corrected chi connectivity index (χ2v) is 7.87. The highest BCUT2D eigenvalue weighted by molar-refractivity contribution is 5.94. The maximum Gasteiger partial charge on any atom is 0.416 e. The van der Waals surface area contributed by atoms with Gasteiger partial charge >= 0.3 is 12.1 Å². The predicted molar refractivity (Wildman–Crippen MR) is 124 cm³/mol. The van der Waals surface area contributed by atoms with Crippen molar-refractivity contribution >= 4 is 11.9 Å². The minimum Gasteiger partial charge on any atom is -0.484 e. The average molecular weight is 486 g/mol. The van der Waals surface area contributed by atoms with Crippen molar-refractivity contribution in [2.24, 2.45) is 0 Å². The normalized spacial score (nSPS) is 12.1. The zero-order valence-electron chi connectivity index (χ0n) is 19.0. The molecule has 0 bridgehead atoms. The van der Waals surface area contributed by atoms with Crippen molar-refractivity contribution in [3.05, 3.63) is 83.6 Å². The summed E-state index contributed by atoms with van der Waals surface area (Å²) in [5.74, 6) is -0.828. The zero-order chi connectivity index (χ0) is 25.4. The number of rotatable bonds is 10. The van der Waals surface area contributed by atoms with Crippen LogP contribution in [0.4, 0.5) is 13.2 Å². The van der Waals surface area contributed by atoms with Crippen LogP contribution in [0.2, 0.25) is 0 Å². The minimum atomic E-state index is -4.39. The number of carboxylic acid groups (broad SMARTS) is 1. The molecule has 1 amide bonds. The number of amides is 1. The molecule has 2 N–H and O–H groups in total. The van der Waals surface area contributed by atoms with Gasteiger partial charge in [-0.05, 0) is 48.4 Å². The van der Waals surface area contributed by atoms with E-state index in [9.17, 15) is 22.8 Å². The number of nitrogens with one attached hydrogen (secondary N) is 1. The number of nitrogens with zero attached hydrogens (tertiary/aromatic N) is 1. The summed E-state index contributed by atoms with van der Waals surface area (Å²) in [6.07, 6.45) is -1.74. The summed E-state index contributed by atoms with van der Waals surface area (Å²) in [5, 5.41) is 11.2. The second kappa shape index (κ2) is 11.5. The molecule has 0 radical (unpaired) electrons.